The number of hydrogen-bond acceptors (Lipinski definition) is 7. The van der Waals surface area contributed by atoms with Crippen LogP contribution in [0.4, 0.5) is 0 Å². The molecule has 0 aromatic heterocycles. The van der Waals surface area contributed by atoms with Crippen LogP contribution in [0.3, 0.4) is 0 Å². The molecule has 0 spiro atoms. The van der Waals surface area contributed by atoms with E-state index in [9.17, 15) is 25.2 Å². The highest BCUT2D eigenvalue weighted by Crippen LogP contribution is 2.20. The number of aliphatic hydroxyl groups is 4. The van der Waals surface area contributed by atoms with Crippen LogP contribution in [0.2, 0.25) is 0 Å². The molecule has 0 aliphatic carbocycles. The third-order valence-corrected chi connectivity index (χ3v) is 4.58. The highest BCUT2D eigenvalue weighted by atomic mass is 16.6. The number of esters is 1. The molecule has 7 nitrogen and oxygen atoms in total. The van der Waals surface area contributed by atoms with E-state index in [0.29, 0.717) is 6.42 Å². The Balaban J connectivity index is 2.05. The molecule has 1 fully saturated rings. The van der Waals surface area contributed by atoms with Crippen molar-refractivity contribution in [2.75, 3.05) is 6.61 Å². The van der Waals surface area contributed by atoms with Gasteiger partial charge in [0.05, 0.1) is 0 Å². The molecular formula is C18H34O7. The van der Waals surface area contributed by atoms with Crippen LogP contribution in [-0.4, -0.2) is 63.7 Å². The first-order valence-electron chi connectivity index (χ1n) is 9.50. The first kappa shape index (κ1) is 22.3. The number of rotatable bonds is 12. The molecule has 5 atom stereocenters. The SMILES string of the molecule is CCCCCCCCCCCC(=O)OC[C@H]1OC(O)[C@@H](O)[C@@H](O)[C@@H]1O. The maximum absolute atomic E-state index is 11.7. The third kappa shape index (κ3) is 8.46. The maximum Gasteiger partial charge on any atom is 0.305 e. The molecule has 0 saturated carbocycles. The van der Waals surface area contributed by atoms with Gasteiger partial charge in [0.1, 0.15) is 31.0 Å². The standard InChI is InChI=1S/C18H34O7/c1-2-3-4-5-6-7-8-9-10-11-14(19)24-12-13-15(20)16(21)17(22)18(23)25-13/h13,15-18,20-23H,2-12H2,1H3/t13-,15-,16+,17+,18?/m1/s1. The van der Waals surface area contributed by atoms with Gasteiger partial charge in [-0.2, -0.15) is 0 Å². The Bertz CT molecular complexity index is 363. The Kier molecular flexibility index (Phi) is 11.2. The fraction of sp³-hybridized carbons (Fsp3) is 0.944. The highest BCUT2D eigenvalue weighted by Gasteiger charge is 2.43. The lowest BCUT2D eigenvalue weighted by Gasteiger charge is -2.37. The summed E-state index contributed by atoms with van der Waals surface area (Å²) in [5.41, 5.74) is 0. The van der Waals surface area contributed by atoms with Crippen LogP contribution >= 0.6 is 0 Å². The van der Waals surface area contributed by atoms with Gasteiger partial charge < -0.3 is 29.9 Å². The van der Waals surface area contributed by atoms with Crippen molar-refractivity contribution in [3.63, 3.8) is 0 Å². The number of carbonyl (C=O) groups is 1. The monoisotopic (exact) mass is 362 g/mol. The summed E-state index contributed by atoms with van der Waals surface area (Å²) in [5, 5.41) is 38.1. The van der Waals surface area contributed by atoms with E-state index in [1.54, 1.807) is 0 Å². The van der Waals surface area contributed by atoms with E-state index < -0.39 is 36.7 Å². The van der Waals surface area contributed by atoms with Crippen LogP contribution in [0.1, 0.15) is 71.1 Å². The van der Waals surface area contributed by atoms with Gasteiger partial charge in [-0.3, -0.25) is 4.79 Å². The number of unbranched alkanes of at least 4 members (excludes halogenated alkanes) is 8. The Labute approximate surface area is 150 Å². The van der Waals surface area contributed by atoms with Crippen LogP contribution < -0.4 is 0 Å². The molecule has 0 aromatic rings. The quantitative estimate of drug-likeness (QED) is 0.305. The van der Waals surface area contributed by atoms with Gasteiger partial charge >= 0.3 is 5.97 Å². The summed E-state index contributed by atoms with van der Waals surface area (Å²) in [4.78, 5) is 11.7. The molecule has 148 valence electrons. The highest BCUT2D eigenvalue weighted by molar-refractivity contribution is 5.69. The van der Waals surface area contributed by atoms with E-state index in [1.807, 2.05) is 0 Å². The topological polar surface area (TPSA) is 116 Å². The minimum absolute atomic E-state index is 0.266. The van der Waals surface area contributed by atoms with Gasteiger partial charge in [0, 0.05) is 6.42 Å². The summed E-state index contributed by atoms with van der Waals surface area (Å²) in [6, 6.07) is 0. The van der Waals surface area contributed by atoms with Gasteiger partial charge in [-0.05, 0) is 6.42 Å². The van der Waals surface area contributed by atoms with Crippen molar-refractivity contribution in [2.24, 2.45) is 0 Å². The van der Waals surface area contributed by atoms with Gasteiger partial charge in [0.25, 0.3) is 0 Å². The van der Waals surface area contributed by atoms with Crippen molar-refractivity contribution in [1.29, 1.82) is 0 Å². The van der Waals surface area contributed by atoms with Gasteiger partial charge in [-0.15, -0.1) is 0 Å². The van der Waals surface area contributed by atoms with Crippen molar-refractivity contribution in [3.8, 4) is 0 Å². The number of carbonyl (C=O) groups excluding carboxylic acids is 1. The molecule has 7 heteroatoms. The van der Waals surface area contributed by atoms with Crippen molar-refractivity contribution in [3.05, 3.63) is 0 Å². The average molecular weight is 362 g/mol. The van der Waals surface area contributed by atoms with Crippen molar-refractivity contribution >= 4 is 5.97 Å². The molecule has 0 radical (unpaired) electrons. The number of aliphatic hydroxyl groups excluding tert-OH is 4. The first-order chi connectivity index (χ1) is 12.0. The number of ether oxygens (including phenoxy) is 2. The van der Waals surface area contributed by atoms with E-state index in [4.69, 9.17) is 9.47 Å². The molecule has 1 saturated heterocycles. The van der Waals surface area contributed by atoms with Gasteiger partial charge in [-0.25, -0.2) is 0 Å². The lowest BCUT2D eigenvalue weighted by atomic mass is 9.99. The van der Waals surface area contributed by atoms with Crippen LogP contribution in [0.15, 0.2) is 0 Å². The normalized spacial score (nSPS) is 29.6. The molecule has 1 unspecified atom stereocenters. The van der Waals surface area contributed by atoms with E-state index in [2.05, 4.69) is 6.92 Å². The smallest absolute Gasteiger partial charge is 0.305 e. The molecular weight excluding hydrogens is 328 g/mol. The zero-order valence-electron chi connectivity index (χ0n) is 15.2. The molecule has 25 heavy (non-hydrogen) atoms. The molecule has 4 N–H and O–H groups in total. The van der Waals surface area contributed by atoms with E-state index in [-0.39, 0.29) is 6.61 Å². The van der Waals surface area contributed by atoms with Crippen LogP contribution in [0.5, 0.6) is 0 Å². The fourth-order valence-corrected chi connectivity index (χ4v) is 2.90. The van der Waals surface area contributed by atoms with Crippen molar-refractivity contribution in [2.45, 2.75) is 102 Å². The van der Waals surface area contributed by atoms with Crippen LogP contribution in [0.25, 0.3) is 0 Å². The largest absolute Gasteiger partial charge is 0.463 e. The van der Waals surface area contributed by atoms with Crippen molar-refractivity contribution in [1.82, 2.24) is 0 Å². The van der Waals surface area contributed by atoms with Crippen LogP contribution in [0, 0.1) is 0 Å². The average Bonchev–Trinajstić information content (AvgIpc) is 2.60. The van der Waals surface area contributed by atoms with Gasteiger partial charge in [0.15, 0.2) is 6.29 Å². The lowest BCUT2D eigenvalue weighted by molar-refractivity contribution is -0.287. The predicted octanol–water partition coefficient (Wildman–Crippen LogP) is 1.25. The van der Waals surface area contributed by atoms with E-state index >= 15 is 0 Å². The van der Waals surface area contributed by atoms with E-state index in [0.717, 1.165) is 19.3 Å². The molecule has 0 amide bonds. The summed E-state index contributed by atoms with van der Waals surface area (Å²) in [6.07, 6.45) is 3.53. The summed E-state index contributed by atoms with van der Waals surface area (Å²) in [5.74, 6) is -0.395. The Hall–Kier alpha value is -0.730. The van der Waals surface area contributed by atoms with Gasteiger partial charge in [-0.1, -0.05) is 58.3 Å². The Morgan fingerprint density at radius 2 is 1.40 bits per heavy atom. The predicted molar refractivity (Wildman–Crippen MR) is 91.7 cm³/mol. The second-order valence-electron chi connectivity index (χ2n) is 6.80. The molecule has 0 bridgehead atoms. The fourth-order valence-electron chi connectivity index (χ4n) is 2.90. The lowest BCUT2D eigenvalue weighted by Crippen LogP contribution is -2.58. The number of hydrogen-bond donors (Lipinski definition) is 4. The van der Waals surface area contributed by atoms with Crippen molar-refractivity contribution < 1.29 is 34.7 Å². The summed E-state index contributed by atoms with van der Waals surface area (Å²) in [7, 11) is 0. The summed E-state index contributed by atoms with van der Waals surface area (Å²) >= 11 is 0. The Morgan fingerprint density at radius 3 is 2.00 bits per heavy atom. The molecule has 1 aliphatic rings. The zero-order chi connectivity index (χ0) is 18.7. The second-order valence-corrected chi connectivity index (χ2v) is 6.80. The molecule has 0 aromatic carbocycles. The first-order valence-corrected chi connectivity index (χ1v) is 9.50. The molecule has 1 heterocycles. The maximum atomic E-state index is 11.7. The van der Waals surface area contributed by atoms with Crippen LogP contribution in [-0.2, 0) is 14.3 Å². The molecule has 1 aliphatic heterocycles. The molecule has 1 rings (SSSR count). The minimum Gasteiger partial charge on any atom is -0.463 e. The second kappa shape index (κ2) is 12.6. The van der Waals surface area contributed by atoms with E-state index in [1.165, 1.54) is 38.5 Å². The zero-order valence-corrected chi connectivity index (χ0v) is 15.2. The minimum atomic E-state index is -1.61. The third-order valence-electron chi connectivity index (χ3n) is 4.58. The summed E-state index contributed by atoms with van der Waals surface area (Å²) in [6.45, 7) is 1.94. The Morgan fingerprint density at radius 1 is 0.840 bits per heavy atom. The van der Waals surface area contributed by atoms with Gasteiger partial charge in [0.2, 0.25) is 0 Å². The summed E-state index contributed by atoms with van der Waals surface area (Å²) < 4.78 is 9.98.